The summed E-state index contributed by atoms with van der Waals surface area (Å²) in [6.07, 6.45) is 8.83. The van der Waals surface area contributed by atoms with E-state index in [0.29, 0.717) is 23.7 Å². The minimum absolute atomic E-state index is 0.0828. The van der Waals surface area contributed by atoms with Gasteiger partial charge in [0.25, 0.3) is 0 Å². The molecule has 2 fully saturated rings. The highest BCUT2D eigenvalue weighted by Crippen LogP contribution is 2.45. The zero-order valence-electron chi connectivity index (χ0n) is 14.8. The standard InChI is InChI=1S/C19H24BrNO4S/c1-25-19(22)6-4-2-3-5-18-14-7-10-16(13-14)21(18)26(23,24)17-11-8-15(20)9-12-17/h3,5,8-9,11-12,14,16,18H,2,4,6-7,10,13H2,1H3/b5-3+/t14-,16+,18?/m1/s1. The van der Waals surface area contributed by atoms with Gasteiger partial charge < -0.3 is 4.74 Å². The van der Waals surface area contributed by atoms with Crippen molar-refractivity contribution in [1.29, 1.82) is 0 Å². The second-order valence-electron chi connectivity index (χ2n) is 6.90. The van der Waals surface area contributed by atoms with E-state index in [0.717, 1.165) is 30.2 Å². The number of allylic oxidation sites excluding steroid dienone is 1. The predicted molar refractivity (Wildman–Crippen MR) is 103 cm³/mol. The second-order valence-corrected chi connectivity index (χ2v) is 9.66. The summed E-state index contributed by atoms with van der Waals surface area (Å²) >= 11 is 3.35. The third kappa shape index (κ3) is 4.05. The van der Waals surface area contributed by atoms with E-state index in [-0.39, 0.29) is 18.1 Å². The molecule has 3 rings (SSSR count). The highest BCUT2D eigenvalue weighted by atomic mass is 79.9. The van der Waals surface area contributed by atoms with Crippen molar-refractivity contribution in [3.63, 3.8) is 0 Å². The molecule has 1 heterocycles. The summed E-state index contributed by atoms with van der Waals surface area (Å²) in [6, 6.07) is 6.85. The van der Waals surface area contributed by atoms with E-state index < -0.39 is 10.0 Å². The van der Waals surface area contributed by atoms with Gasteiger partial charge in [-0.25, -0.2) is 8.42 Å². The highest BCUT2D eigenvalue weighted by Gasteiger charge is 2.50. The number of hydrogen-bond donors (Lipinski definition) is 0. The van der Waals surface area contributed by atoms with E-state index in [2.05, 4.69) is 20.7 Å². The number of piperidine rings is 1. The summed E-state index contributed by atoms with van der Waals surface area (Å²) < 4.78 is 33.6. The van der Waals surface area contributed by atoms with Crippen LogP contribution in [0.5, 0.6) is 0 Å². The molecule has 1 aromatic rings. The van der Waals surface area contributed by atoms with Crippen molar-refractivity contribution in [3.8, 4) is 0 Å². The Balaban J connectivity index is 1.72. The van der Waals surface area contributed by atoms with E-state index in [9.17, 15) is 13.2 Å². The number of benzene rings is 1. The van der Waals surface area contributed by atoms with Gasteiger partial charge in [0, 0.05) is 23.0 Å². The summed E-state index contributed by atoms with van der Waals surface area (Å²) in [7, 11) is -2.12. The van der Waals surface area contributed by atoms with Crippen LogP contribution < -0.4 is 0 Å². The molecule has 1 aliphatic carbocycles. The molecule has 0 radical (unpaired) electrons. The topological polar surface area (TPSA) is 63.7 Å². The molecule has 26 heavy (non-hydrogen) atoms. The molecule has 0 amide bonds. The number of rotatable bonds is 7. The van der Waals surface area contributed by atoms with E-state index in [4.69, 9.17) is 0 Å². The molecule has 1 unspecified atom stereocenters. The molecular weight excluding hydrogens is 418 g/mol. The lowest BCUT2D eigenvalue weighted by atomic mass is 9.99. The largest absolute Gasteiger partial charge is 0.469 e. The summed E-state index contributed by atoms with van der Waals surface area (Å²) in [5.41, 5.74) is 0. The molecule has 3 atom stereocenters. The Bertz CT molecular complexity index is 775. The quantitative estimate of drug-likeness (QED) is 0.365. The first-order chi connectivity index (χ1) is 12.4. The van der Waals surface area contributed by atoms with E-state index in [1.165, 1.54) is 7.11 Å². The molecule has 0 N–H and O–H groups in total. The fourth-order valence-corrected chi connectivity index (χ4v) is 6.15. The van der Waals surface area contributed by atoms with E-state index in [1.807, 2.05) is 12.2 Å². The lowest BCUT2D eigenvalue weighted by Crippen LogP contribution is -2.43. The Morgan fingerprint density at radius 3 is 2.73 bits per heavy atom. The van der Waals surface area contributed by atoms with Gasteiger partial charge in [-0.15, -0.1) is 0 Å². The zero-order chi connectivity index (χ0) is 18.7. The molecule has 0 spiro atoms. The molecule has 0 aromatic heterocycles. The summed E-state index contributed by atoms with van der Waals surface area (Å²) in [5.74, 6) is 0.180. The minimum Gasteiger partial charge on any atom is -0.469 e. The fraction of sp³-hybridized carbons (Fsp3) is 0.526. The Kier molecular flexibility index (Phi) is 6.20. The smallest absolute Gasteiger partial charge is 0.305 e. The van der Waals surface area contributed by atoms with Gasteiger partial charge in [0.05, 0.1) is 12.0 Å². The fourth-order valence-electron chi connectivity index (χ4n) is 4.01. The third-order valence-corrected chi connectivity index (χ3v) is 7.78. The monoisotopic (exact) mass is 441 g/mol. The maximum atomic E-state index is 13.2. The number of hydrogen-bond acceptors (Lipinski definition) is 4. The van der Waals surface area contributed by atoms with Crippen molar-refractivity contribution in [2.24, 2.45) is 5.92 Å². The van der Waals surface area contributed by atoms with Crippen LogP contribution in [0.2, 0.25) is 0 Å². The first-order valence-electron chi connectivity index (χ1n) is 8.96. The average Bonchev–Trinajstić information content (AvgIpc) is 3.23. The maximum absolute atomic E-state index is 13.2. The first kappa shape index (κ1) is 19.6. The second kappa shape index (κ2) is 8.23. The number of sulfonamides is 1. The van der Waals surface area contributed by atoms with Crippen molar-refractivity contribution in [2.45, 2.75) is 55.5 Å². The first-order valence-corrected chi connectivity index (χ1v) is 11.2. The number of carbonyl (C=O) groups is 1. The third-order valence-electron chi connectivity index (χ3n) is 5.28. The number of fused-ring (bicyclic) bond motifs is 2. The lowest BCUT2D eigenvalue weighted by molar-refractivity contribution is -0.140. The molecule has 1 saturated carbocycles. The van der Waals surface area contributed by atoms with Crippen molar-refractivity contribution in [3.05, 3.63) is 40.9 Å². The number of methoxy groups -OCH3 is 1. The number of ether oxygens (including phenoxy) is 1. The van der Waals surface area contributed by atoms with Crippen LogP contribution >= 0.6 is 15.9 Å². The molecule has 2 aliphatic rings. The van der Waals surface area contributed by atoms with Crippen molar-refractivity contribution < 1.29 is 17.9 Å². The van der Waals surface area contributed by atoms with Crippen LogP contribution in [0, 0.1) is 5.92 Å². The molecule has 2 bridgehead atoms. The molecule has 7 heteroatoms. The Morgan fingerprint density at radius 1 is 1.31 bits per heavy atom. The minimum atomic E-state index is -3.51. The number of esters is 1. The normalized spacial score (nSPS) is 25.8. The van der Waals surface area contributed by atoms with Crippen molar-refractivity contribution >= 4 is 31.9 Å². The Hall–Kier alpha value is -1.18. The van der Waals surface area contributed by atoms with Gasteiger partial charge in [0.1, 0.15) is 0 Å². The van der Waals surface area contributed by atoms with E-state index >= 15 is 0 Å². The van der Waals surface area contributed by atoms with Gasteiger partial charge in [-0.1, -0.05) is 28.1 Å². The summed E-state index contributed by atoms with van der Waals surface area (Å²) in [6.45, 7) is 0. The molecule has 1 saturated heterocycles. The molecule has 1 aliphatic heterocycles. The molecular formula is C19H24BrNO4S. The van der Waals surface area contributed by atoms with Crippen LogP contribution in [0.25, 0.3) is 0 Å². The molecule has 1 aromatic carbocycles. The van der Waals surface area contributed by atoms with Gasteiger partial charge in [0.15, 0.2) is 0 Å². The van der Waals surface area contributed by atoms with Gasteiger partial charge in [-0.05, 0) is 62.3 Å². The SMILES string of the molecule is COC(=O)CCC/C=C/C1[C@@H]2CC[C@@H](C2)N1S(=O)(=O)c1ccc(Br)cc1. The van der Waals surface area contributed by atoms with Crippen LogP contribution in [0.3, 0.4) is 0 Å². The van der Waals surface area contributed by atoms with Crippen molar-refractivity contribution in [2.75, 3.05) is 7.11 Å². The lowest BCUT2D eigenvalue weighted by Gasteiger charge is -2.32. The van der Waals surface area contributed by atoms with E-state index in [1.54, 1.807) is 28.6 Å². The van der Waals surface area contributed by atoms with Crippen LogP contribution in [0.4, 0.5) is 0 Å². The van der Waals surface area contributed by atoms with Gasteiger partial charge >= 0.3 is 5.97 Å². The average molecular weight is 442 g/mol. The van der Waals surface area contributed by atoms with Crippen LogP contribution in [0.15, 0.2) is 45.8 Å². The molecule has 142 valence electrons. The number of nitrogens with zero attached hydrogens (tertiary/aromatic N) is 1. The predicted octanol–water partition coefficient (Wildman–Crippen LogP) is 3.89. The van der Waals surface area contributed by atoms with Crippen LogP contribution in [-0.4, -0.2) is 37.9 Å². The summed E-state index contributed by atoms with van der Waals surface area (Å²) in [4.78, 5) is 11.5. The maximum Gasteiger partial charge on any atom is 0.305 e. The zero-order valence-corrected chi connectivity index (χ0v) is 17.2. The van der Waals surface area contributed by atoms with Gasteiger partial charge in [-0.2, -0.15) is 4.31 Å². The van der Waals surface area contributed by atoms with Crippen LogP contribution in [-0.2, 0) is 19.6 Å². The number of halogens is 1. The Morgan fingerprint density at radius 2 is 2.04 bits per heavy atom. The summed E-state index contributed by atoms with van der Waals surface area (Å²) in [5, 5.41) is 0. The van der Waals surface area contributed by atoms with Gasteiger partial charge in [0.2, 0.25) is 10.0 Å². The molecule has 5 nitrogen and oxygen atoms in total. The number of carbonyl (C=O) groups excluding carboxylic acids is 1. The number of unbranched alkanes of at least 4 members (excludes halogenated alkanes) is 1. The van der Waals surface area contributed by atoms with Crippen molar-refractivity contribution in [1.82, 2.24) is 4.31 Å². The Labute approximate surface area is 163 Å². The van der Waals surface area contributed by atoms with Crippen LogP contribution in [0.1, 0.15) is 38.5 Å². The highest BCUT2D eigenvalue weighted by molar-refractivity contribution is 9.10. The van der Waals surface area contributed by atoms with Gasteiger partial charge in [-0.3, -0.25) is 4.79 Å².